The summed E-state index contributed by atoms with van der Waals surface area (Å²) in [6.45, 7) is 7.08. The molecule has 1 aliphatic rings. The molecule has 1 aliphatic heterocycles. The first-order valence-corrected chi connectivity index (χ1v) is 7.37. The molecule has 1 fully saturated rings. The Morgan fingerprint density at radius 3 is 2.76 bits per heavy atom. The maximum Gasteiger partial charge on any atom is 0.410 e. The third kappa shape index (κ3) is 5.17. The average molecular weight is 260 g/mol. The van der Waals surface area contributed by atoms with Crippen LogP contribution in [0.2, 0.25) is 0 Å². The van der Waals surface area contributed by atoms with Crippen LogP contribution in [0.3, 0.4) is 0 Å². The number of nitrogens with two attached hydrogens (primary N) is 1. The molecule has 1 saturated heterocycles. The van der Waals surface area contributed by atoms with Crippen LogP contribution < -0.4 is 5.73 Å². The summed E-state index contributed by atoms with van der Waals surface area (Å²) in [5, 5.41) is 0. The van der Waals surface area contributed by atoms with Gasteiger partial charge in [-0.1, -0.05) is 0 Å². The van der Waals surface area contributed by atoms with Gasteiger partial charge in [0.25, 0.3) is 0 Å². The summed E-state index contributed by atoms with van der Waals surface area (Å²) in [7, 11) is 0. The van der Waals surface area contributed by atoms with E-state index >= 15 is 0 Å². The second-order valence-electron chi connectivity index (χ2n) is 5.31. The highest BCUT2D eigenvalue weighted by Gasteiger charge is 2.28. The Bertz CT molecular complexity index is 253. The molecule has 1 atom stereocenters. The van der Waals surface area contributed by atoms with Gasteiger partial charge in [-0.25, -0.2) is 4.79 Å². The van der Waals surface area contributed by atoms with Gasteiger partial charge < -0.3 is 15.4 Å². The molecule has 2 N–H and O–H groups in total. The van der Waals surface area contributed by atoms with E-state index in [2.05, 4.69) is 0 Å². The van der Waals surface area contributed by atoms with E-state index < -0.39 is 5.60 Å². The Labute approximate surface area is 108 Å². The molecule has 1 rings (SSSR count). The fourth-order valence-electron chi connectivity index (χ4n) is 1.88. The quantitative estimate of drug-likeness (QED) is 0.826. The molecule has 5 heteroatoms. The minimum atomic E-state index is -0.427. The molecule has 0 aromatic heterocycles. The molecule has 100 valence electrons. The van der Waals surface area contributed by atoms with Crippen molar-refractivity contribution in [3.05, 3.63) is 0 Å². The molecule has 0 aromatic carbocycles. The SMILES string of the molecule is CC(C)(C)OC(=O)N1CCSCCC1CCN. The summed E-state index contributed by atoms with van der Waals surface area (Å²) in [5.74, 6) is 2.09. The Hall–Kier alpha value is -0.420. The largest absolute Gasteiger partial charge is 0.444 e. The molecular weight excluding hydrogens is 236 g/mol. The average Bonchev–Trinajstić information content (AvgIpc) is 2.41. The summed E-state index contributed by atoms with van der Waals surface area (Å²) >= 11 is 1.89. The zero-order valence-corrected chi connectivity index (χ0v) is 11.9. The van der Waals surface area contributed by atoms with Crippen molar-refractivity contribution >= 4 is 17.9 Å². The van der Waals surface area contributed by atoms with Crippen LogP contribution in [0.5, 0.6) is 0 Å². The van der Waals surface area contributed by atoms with Crippen molar-refractivity contribution < 1.29 is 9.53 Å². The highest BCUT2D eigenvalue weighted by Crippen LogP contribution is 2.21. The fourth-order valence-corrected chi connectivity index (χ4v) is 2.84. The third-order valence-corrected chi connectivity index (χ3v) is 3.64. The molecule has 1 unspecified atom stereocenters. The smallest absolute Gasteiger partial charge is 0.410 e. The zero-order valence-electron chi connectivity index (χ0n) is 11.1. The molecule has 0 aliphatic carbocycles. The number of amides is 1. The number of hydrogen-bond donors (Lipinski definition) is 1. The van der Waals surface area contributed by atoms with E-state index in [4.69, 9.17) is 10.5 Å². The molecule has 1 amide bonds. The predicted octanol–water partition coefficient (Wildman–Crippen LogP) is 2.08. The van der Waals surface area contributed by atoms with Crippen LogP contribution >= 0.6 is 11.8 Å². The monoisotopic (exact) mass is 260 g/mol. The van der Waals surface area contributed by atoms with Crippen molar-refractivity contribution in [2.45, 2.75) is 45.3 Å². The van der Waals surface area contributed by atoms with Gasteiger partial charge in [-0.3, -0.25) is 0 Å². The van der Waals surface area contributed by atoms with Crippen LogP contribution in [-0.2, 0) is 4.74 Å². The first-order valence-electron chi connectivity index (χ1n) is 6.21. The van der Waals surface area contributed by atoms with Crippen molar-refractivity contribution in [2.24, 2.45) is 5.73 Å². The minimum absolute atomic E-state index is 0.196. The Kier molecular flexibility index (Phi) is 5.59. The lowest BCUT2D eigenvalue weighted by Crippen LogP contribution is -2.44. The lowest BCUT2D eigenvalue weighted by Gasteiger charge is -2.31. The summed E-state index contributed by atoms with van der Waals surface area (Å²) in [6, 6.07) is 0.241. The summed E-state index contributed by atoms with van der Waals surface area (Å²) in [6.07, 6.45) is 1.68. The Morgan fingerprint density at radius 2 is 2.18 bits per heavy atom. The first kappa shape index (κ1) is 14.6. The molecule has 0 saturated carbocycles. The minimum Gasteiger partial charge on any atom is -0.444 e. The zero-order chi connectivity index (χ0) is 12.9. The number of nitrogens with zero attached hydrogens (tertiary/aromatic N) is 1. The highest BCUT2D eigenvalue weighted by atomic mass is 32.2. The summed E-state index contributed by atoms with van der Waals surface area (Å²) < 4.78 is 5.45. The number of thioether (sulfide) groups is 1. The van der Waals surface area contributed by atoms with Crippen molar-refractivity contribution in [3.63, 3.8) is 0 Å². The van der Waals surface area contributed by atoms with Gasteiger partial charge in [0, 0.05) is 18.3 Å². The molecule has 0 radical (unpaired) electrons. The van der Waals surface area contributed by atoms with E-state index in [1.165, 1.54) is 0 Å². The van der Waals surface area contributed by atoms with Gasteiger partial charge in [0.2, 0.25) is 0 Å². The number of ether oxygens (including phenoxy) is 1. The molecule has 17 heavy (non-hydrogen) atoms. The van der Waals surface area contributed by atoms with Crippen LogP contribution in [-0.4, -0.2) is 47.2 Å². The van der Waals surface area contributed by atoms with E-state index in [0.717, 1.165) is 30.9 Å². The molecular formula is C12H24N2O2S. The number of carbonyl (C=O) groups is 1. The third-order valence-electron chi connectivity index (χ3n) is 2.64. The summed E-state index contributed by atoms with van der Waals surface area (Å²) in [5.41, 5.74) is 5.19. The first-order chi connectivity index (χ1) is 7.94. The maximum absolute atomic E-state index is 12.1. The standard InChI is InChI=1S/C12H24N2O2S/c1-12(2,3)16-11(15)14-7-9-17-8-5-10(14)4-6-13/h10H,4-9,13H2,1-3H3. The van der Waals surface area contributed by atoms with E-state index in [-0.39, 0.29) is 12.1 Å². The van der Waals surface area contributed by atoms with Gasteiger partial charge in [0.05, 0.1) is 0 Å². The van der Waals surface area contributed by atoms with E-state index in [9.17, 15) is 4.79 Å². The Balaban J connectivity index is 2.64. The molecule has 4 nitrogen and oxygen atoms in total. The van der Waals surface area contributed by atoms with Crippen LogP contribution in [0.15, 0.2) is 0 Å². The Morgan fingerprint density at radius 1 is 1.47 bits per heavy atom. The van der Waals surface area contributed by atoms with Crippen molar-refractivity contribution in [1.82, 2.24) is 4.90 Å². The maximum atomic E-state index is 12.1. The van der Waals surface area contributed by atoms with Gasteiger partial charge in [0.15, 0.2) is 0 Å². The van der Waals surface area contributed by atoms with Crippen molar-refractivity contribution in [1.29, 1.82) is 0 Å². The second kappa shape index (κ2) is 6.50. The number of rotatable bonds is 2. The van der Waals surface area contributed by atoms with Gasteiger partial charge >= 0.3 is 6.09 Å². The van der Waals surface area contributed by atoms with E-state index in [1.807, 2.05) is 37.4 Å². The number of carbonyl (C=O) groups excluding carboxylic acids is 1. The molecule has 0 bridgehead atoms. The normalized spacial score (nSPS) is 22.1. The van der Waals surface area contributed by atoms with E-state index in [1.54, 1.807) is 0 Å². The van der Waals surface area contributed by atoms with Crippen LogP contribution in [0.1, 0.15) is 33.6 Å². The molecule has 0 spiro atoms. The lowest BCUT2D eigenvalue weighted by atomic mass is 10.1. The molecule has 0 aromatic rings. The van der Waals surface area contributed by atoms with Gasteiger partial charge in [0.1, 0.15) is 5.60 Å². The predicted molar refractivity (Wildman–Crippen MR) is 72.3 cm³/mol. The van der Waals surface area contributed by atoms with Crippen molar-refractivity contribution in [3.8, 4) is 0 Å². The van der Waals surface area contributed by atoms with E-state index in [0.29, 0.717) is 6.54 Å². The van der Waals surface area contributed by atoms with Crippen LogP contribution in [0.25, 0.3) is 0 Å². The van der Waals surface area contributed by atoms with Crippen molar-refractivity contribution in [2.75, 3.05) is 24.6 Å². The van der Waals surface area contributed by atoms with Crippen LogP contribution in [0, 0.1) is 0 Å². The molecule has 1 heterocycles. The van der Waals surface area contributed by atoms with Crippen LogP contribution in [0.4, 0.5) is 4.79 Å². The topological polar surface area (TPSA) is 55.6 Å². The van der Waals surface area contributed by atoms with Gasteiger partial charge in [-0.2, -0.15) is 11.8 Å². The lowest BCUT2D eigenvalue weighted by molar-refractivity contribution is 0.0170. The number of hydrogen-bond acceptors (Lipinski definition) is 4. The fraction of sp³-hybridized carbons (Fsp3) is 0.917. The summed E-state index contributed by atoms with van der Waals surface area (Å²) in [4.78, 5) is 14.0. The van der Waals surface area contributed by atoms with Gasteiger partial charge in [-0.05, 0) is 45.9 Å². The second-order valence-corrected chi connectivity index (χ2v) is 6.53. The van der Waals surface area contributed by atoms with Gasteiger partial charge in [-0.15, -0.1) is 0 Å². The highest BCUT2D eigenvalue weighted by molar-refractivity contribution is 7.99.